The van der Waals surface area contributed by atoms with Gasteiger partial charge in [-0.05, 0) is 43.8 Å². The lowest BCUT2D eigenvalue weighted by molar-refractivity contribution is 0.316. The van der Waals surface area contributed by atoms with Gasteiger partial charge in [0, 0.05) is 11.0 Å². The molecule has 0 N–H and O–H groups in total. The minimum absolute atomic E-state index is 0.921. The van der Waals surface area contributed by atoms with Crippen LogP contribution in [0.25, 0.3) is 0 Å². The van der Waals surface area contributed by atoms with Crippen molar-refractivity contribution in [1.29, 1.82) is 0 Å². The lowest BCUT2D eigenvalue weighted by atomic mass is 10.2. The third-order valence-corrected chi connectivity index (χ3v) is 3.61. The molecular weight excluding hydrogens is 278 g/mol. The molecule has 0 aliphatic rings. The Morgan fingerprint density at radius 1 is 1.29 bits per heavy atom. The van der Waals surface area contributed by atoms with Crippen molar-refractivity contribution in [2.75, 3.05) is 20.7 Å². The Balaban J connectivity index is 2.54. The first kappa shape index (κ1) is 14.5. The van der Waals surface area contributed by atoms with Gasteiger partial charge in [-0.25, -0.2) is 0 Å². The summed E-state index contributed by atoms with van der Waals surface area (Å²) in [5.41, 5.74) is 1.28. The second-order valence-corrected chi connectivity index (χ2v) is 5.26. The molecule has 1 aromatic carbocycles. The van der Waals surface area contributed by atoms with Crippen LogP contribution in [0.5, 0.6) is 5.75 Å². The van der Waals surface area contributed by atoms with Crippen LogP contribution in [0.3, 0.4) is 0 Å². The lowest BCUT2D eigenvalue weighted by Crippen LogP contribution is -2.19. The Hall–Kier alpha value is -0.540. The molecule has 0 fully saturated rings. The van der Waals surface area contributed by atoms with Crippen molar-refractivity contribution in [2.45, 2.75) is 32.7 Å². The van der Waals surface area contributed by atoms with Crippen LogP contribution in [-0.4, -0.2) is 25.6 Å². The third-order valence-electron chi connectivity index (χ3n) is 2.84. The Labute approximate surface area is 113 Å². The van der Waals surface area contributed by atoms with E-state index in [-0.39, 0.29) is 0 Å². The molecule has 0 heterocycles. The number of hydrogen-bond donors (Lipinski definition) is 0. The highest BCUT2D eigenvalue weighted by atomic mass is 79.9. The fraction of sp³-hybridized carbons (Fsp3) is 0.571. The Morgan fingerprint density at radius 2 is 2.06 bits per heavy atom. The van der Waals surface area contributed by atoms with Gasteiger partial charge in [0.05, 0.1) is 7.11 Å². The van der Waals surface area contributed by atoms with E-state index < -0.39 is 0 Å². The van der Waals surface area contributed by atoms with Crippen molar-refractivity contribution in [3.63, 3.8) is 0 Å². The van der Waals surface area contributed by atoms with Crippen molar-refractivity contribution in [2.24, 2.45) is 0 Å². The number of ether oxygens (including phenoxy) is 1. The molecule has 0 amide bonds. The highest BCUT2D eigenvalue weighted by molar-refractivity contribution is 9.10. The summed E-state index contributed by atoms with van der Waals surface area (Å²) in [7, 11) is 3.87. The van der Waals surface area contributed by atoms with E-state index in [2.05, 4.69) is 40.9 Å². The van der Waals surface area contributed by atoms with Gasteiger partial charge in [-0.15, -0.1) is 0 Å². The van der Waals surface area contributed by atoms with E-state index >= 15 is 0 Å². The van der Waals surface area contributed by atoms with Crippen LogP contribution in [0.15, 0.2) is 22.7 Å². The van der Waals surface area contributed by atoms with E-state index in [1.165, 1.54) is 24.8 Å². The van der Waals surface area contributed by atoms with Gasteiger partial charge in [0.15, 0.2) is 0 Å². The number of nitrogens with zero attached hydrogens (tertiary/aromatic N) is 1. The second-order valence-electron chi connectivity index (χ2n) is 4.40. The topological polar surface area (TPSA) is 12.5 Å². The van der Waals surface area contributed by atoms with E-state index in [1.807, 2.05) is 12.1 Å². The van der Waals surface area contributed by atoms with Crippen LogP contribution in [0, 0.1) is 0 Å². The lowest BCUT2D eigenvalue weighted by Gasteiger charge is -2.17. The summed E-state index contributed by atoms with van der Waals surface area (Å²) < 4.78 is 6.40. The van der Waals surface area contributed by atoms with Crippen molar-refractivity contribution in [1.82, 2.24) is 4.90 Å². The zero-order chi connectivity index (χ0) is 12.7. The molecule has 3 heteroatoms. The van der Waals surface area contributed by atoms with Gasteiger partial charge in [0.25, 0.3) is 0 Å². The summed E-state index contributed by atoms with van der Waals surface area (Å²) in [6.07, 6.45) is 3.86. The van der Waals surface area contributed by atoms with E-state index in [9.17, 15) is 0 Å². The largest absolute Gasteiger partial charge is 0.497 e. The maximum Gasteiger partial charge on any atom is 0.119 e. The number of benzene rings is 1. The average molecular weight is 300 g/mol. The molecule has 0 aliphatic heterocycles. The van der Waals surface area contributed by atoms with Crippen LogP contribution < -0.4 is 4.74 Å². The van der Waals surface area contributed by atoms with Crippen LogP contribution in [0.4, 0.5) is 0 Å². The van der Waals surface area contributed by atoms with Crippen molar-refractivity contribution < 1.29 is 4.74 Å². The molecule has 0 aromatic heterocycles. The molecule has 0 aliphatic carbocycles. The Bertz CT molecular complexity index is 341. The zero-order valence-corrected chi connectivity index (χ0v) is 12.6. The summed E-state index contributed by atoms with van der Waals surface area (Å²) in [5, 5.41) is 0. The number of hydrogen-bond acceptors (Lipinski definition) is 2. The first-order valence-corrected chi connectivity index (χ1v) is 6.97. The van der Waals surface area contributed by atoms with E-state index in [0.717, 1.165) is 23.3 Å². The van der Waals surface area contributed by atoms with Crippen LogP contribution >= 0.6 is 15.9 Å². The fourth-order valence-electron chi connectivity index (χ4n) is 1.80. The number of unbranched alkanes of at least 4 members (excludes halogenated alkanes) is 2. The summed E-state index contributed by atoms with van der Waals surface area (Å²) in [4.78, 5) is 2.36. The highest BCUT2D eigenvalue weighted by Crippen LogP contribution is 2.23. The standard InChI is InChI=1S/C14H22BrNO/c1-4-5-6-9-16(2)11-12-10-13(17-3)7-8-14(12)15/h7-8,10H,4-6,9,11H2,1-3H3. The van der Waals surface area contributed by atoms with Gasteiger partial charge in [0.2, 0.25) is 0 Å². The minimum Gasteiger partial charge on any atom is -0.497 e. The molecule has 2 nitrogen and oxygen atoms in total. The summed E-state index contributed by atoms with van der Waals surface area (Å²) in [6.45, 7) is 4.34. The van der Waals surface area contributed by atoms with Crippen molar-refractivity contribution >= 4 is 15.9 Å². The number of rotatable bonds is 7. The molecule has 1 aromatic rings. The highest BCUT2D eigenvalue weighted by Gasteiger charge is 2.05. The first-order valence-electron chi connectivity index (χ1n) is 6.18. The third kappa shape index (κ3) is 5.09. The van der Waals surface area contributed by atoms with E-state index in [4.69, 9.17) is 4.74 Å². The van der Waals surface area contributed by atoms with E-state index in [1.54, 1.807) is 7.11 Å². The predicted molar refractivity (Wildman–Crippen MR) is 76.6 cm³/mol. The van der Waals surface area contributed by atoms with Gasteiger partial charge in [-0.2, -0.15) is 0 Å². The Morgan fingerprint density at radius 3 is 2.71 bits per heavy atom. The first-order chi connectivity index (χ1) is 8.17. The van der Waals surface area contributed by atoms with Crippen LogP contribution in [0.2, 0.25) is 0 Å². The summed E-state index contributed by atoms with van der Waals surface area (Å²) >= 11 is 3.59. The van der Waals surface area contributed by atoms with Gasteiger partial charge in [-0.3, -0.25) is 0 Å². The van der Waals surface area contributed by atoms with Gasteiger partial charge >= 0.3 is 0 Å². The van der Waals surface area contributed by atoms with Crippen LogP contribution in [-0.2, 0) is 6.54 Å². The number of halogens is 1. The van der Waals surface area contributed by atoms with Gasteiger partial charge in [-0.1, -0.05) is 35.7 Å². The molecule has 0 saturated carbocycles. The smallest absolute Gasteiger partial charge is 0.119 e. The maximum atomic E-state index is 5.25. The zero-order valence-electron chi connectivity index (χ0n) is 11.0. The van der Waals surface area contributed by atoms with Crippen LogP contribution in [0.1, 0.15) is 31.7 Å². The summed E-state index contributed by atoms with van der Waals surface area (Å²) in [5.74, 6) is 0.921. The van der Waals surface area contributed by atoms with E-state index in [0.29, 0.717) is 0 Å². The summed E-state index contributed by atoms with van der Waals surface area (Å²) in [6, 6.07) is 6.12. The molecule has 0 radical (unpaired) electrons. The number of methoxy groups -OCH3 is 1. The molecule has 0 saturated heterocycles. The molecule has 0 spiro atoms. The molecular formula is C14H22BrNO. The quantitative estimate of drug-likeness (QED) is 0.704. The van der Waals surface area contributed by atoms with Gasteiger partial charge in [0.1, 0.15) is 5.75 Å². The monoisotopic (exact) mass is 299 g/mol. The SMILES string of the molecule is CCCCCN(C)Cc1cc(OC)ccc1Br. The van der Waals surface area contributed by atoms with Crippen molar-refractivity contribution in [3.8, 4) is 5.75 Å². The maximum absolute atomic E-state index is 5.25. The molecule has 1 rings (SSSR count). The predicted octanol–water partition coefficient (Wildman–Crippen LogP) is 4.08. The molecule has 0 bridgehead atoms. The fourth-order valence-corrected chi connectivity index (χ4v) is 2.17. The Kier molecular flexibility index (Phi) is 6.60. The van der Waals surface area contributed by atoms with Crippen molar-refractivity contribution in [3.05, 3.63) is 28.2 Å². The average Bonchev–Trinajstić information content (AvgIpc) is 2.32. The molecule has 96 valence electrons. The minimum atomic E-state index is 0.921. The normalized spacial score (nSPS) is 10.9. The molecule has 17 heavy (non-hydrogen) atoms. The van der Waals surface area contributed by atoms with Gasteiger partial charge < -0.3 is 9.64 Å². The second kappa shape index (κ2) is 7.72. The molecule has 0 atom stereocenters. The molecule has 0 unspecified atom stereocenters.